The van der Waals surface area contributed by atoms with Gasteiger partial charge in [0.15, 0.2) is 11.5 Å². The quantitative estimate of drug-likeness (QED) is 0.726. The second-order valence-corrected chi connectivity index (χ2v) is 4.89. The van der Waals surface area contributed by atoms with Gasteiger partial charge in [-0.1, -0.05) is 18.2 Å². The van der Waals surface area contributed by atoms with Crippen LogP contribution in [0, 0.1) is 11.3 Å². The number of rotatable bonds is 4. The van der Waals surface area contributed by atoms with E-state index >= 15 is 0 Å². The number of allylic oxidation sites excluding steroid dienone is 1. The van der Waals surface area contributed by atoms with Crippen molar-refractivity contribution in [1.82, 2.24) is 9.97 Å². The number of nitrogens with zero attached hydrogens (tertiary/aromatic N) is 2. The molecule has 1 N–H and O–H groups in total. The first-order chi connectivity index (χ1) is 11.2. The molecule has 122 valence electrons. The highest BCUT2D eigenvalue weighted by atomic mass is 35.5. The molecule has 6 heteroatoms. The molecule has 0 aliphatic heterocycles. The Labute approximate surface area is 146 Å². The molecular formula is C18H16ClN3O2. The predicted molar refractivity (Wildman–Crippen MR) is 96.4 cm³/mol. The van der Waals surface area contributed by atoms with Crippen molar-refractivity contribution in [3.8, 4) is 17.6 Å². The van der Waals surface area contributed by atoms with E-state index in [2.05, 4.69) is 16.0 Å². The van der Waals surface area contributed by atoms with Crippen molar-refractivity contribution in [3.05, 3.63) is 53.9 Å². The van der Waals surface area contributed by atoms with E-state index in [4.69, 9.17) is 9.47 Å². The molecule has 1 heterocycles. The molecule has 2 aromatic carbocycles. The maximum atomic E-state index is 9.46. The molecule has 0 atom stereocenters. The van der Waals surface area contributed by atoms with Gasteiger partial charge >= 0.3 is 0 Å². The molecule has 5 nitrogen and oxygen atoms in total. The number of aromatic nitrogens is 2. The topological polar surface area (TPSA) is 70.9 Å². The molecule has 0 unspecified atom stereocenters. The van der Waals surface area contributed by atoms with Gasteiger partial charge in [0.2, 0.25) is 0 Å². The third-order valence-electron chi connectivity index (χ3n) is 3.48. The van der Waals surface area contributed by atoms with Gasteiger partial charge in [0.25, 0.3) is 0 Å². The van der Waals surface area contributed by atoms with Crippen LogP contribution in [0.3, 0.4) is 0 Å². The molecule has 0 fully saturated rings. The highest BCUT2D eigenvalue weighted by Crippen LogP contribution is 2.29. The van der Waals surface area contributed by atoms with Crippen LogP contribution in [0.25, 0.3) is 22.7 Å². The number of halogens is 1. The predicted octanol–water partition coefficient (Wildman–Crippen LogP) is 4.07. The highest BCUT2D eigenvalue weighted by molar-refractivity contribution is 5.90. The lowest BCUT2D eigenvalue weighted by Gasteiger charge is -2.07. The van der Waals surface area contributed by atoms with Crippen LogP contribution in [0.5, 0.6) is 11.5 Å². The molecule has 0 spiro atoms. The fourth-order valence-electron chi connectivity index (χ4n) is 2.34. The van der Waals surface area contributed by atoms with E-state index in [1.54, 1.807) is 26.4 Å². The molecule has 24 heavy (non-hydrogen) atoms. The zero-order valence-electron chi connectivity index (χ0n) is 13.2. The van der Waals surface area contributed by atoms with Crippen molar-refractivity contribution in [3.63, 3.8) is 0 Å². The van der Waals surface area contributed by atoms with Gasteiger partial charge in [-0.15, -0.1) is 12.4 Å². The summed E-state index contributed by atoms with van der Waals surface area (Å²) in [5.41, 5.74) is 3.01. The Morgan fingerprint density at radius 3 is 2.54 bits per heavy atom. The van der Waals surface area contributed by atoms with Crippen molar-refractivity contribution in [1.29, 1.82) is 5.26 Å². The third-order valence-corrected chi connectivity index (χ3v) is 3.48. The van der Waals surface area contributed by atoms with E-state index in [9.17, 15) is 5.26 Å². The largest absolute Gasteiger partial charge is 0.493 e. The Balaban J connectivity index is 0.00000208. The normalized spacial score (nSPS) is 10.8. The number of benzene rings is 2. The number of imidazole rings is 1. The number of ether oxygens (including phenoxy) is 2. The van der Waals surface area contributed by atoms with Gasteiger partial charge in [0.05, 0.1) is 30.8 Å². The maximum absolute atomic E-state index is 9.46. The first kappa shape index (κ1) is 17.4. The Morgan fingerprint density at radius 2 is 1.88 bits per heavy atom. The summed E-state index contributed by atoms with van der Waals surface area (Å²) >= 11 is 0. The zero-order valence-corrected chi connectivity index (χ0v) is 14.1. The van der Waals surface area contributed by atoms with Crippen LogP contribution in [-0.4, -0.2) is 24.2 Å². The fraction of sp³-hybridized carbons (Fsp3) is 0.111. The van der Waals surface area contributed by atoms with Crippen molar-refractivity contribution in [2.24, 2.45) is 0 Å². The summed E-state index contributed by atoms with van der Waals surface area (Å²) in [7, 11) is 3.16. The summed E-state index contributed by atoms with van der Waals surface area (Å²) in [6.07, 6.45) is 1.76. The van der Waals surface area contributed by atoms with Crippen LogP contribution in [0.15, 0.2) is 42.5 Å². The summed E-state index contributed by atoms with van der Waals surface area (Å²) in [4.78, 5) is 7.61. The average Bonchev–Trinajstić information content (AvgIpc) is 3.03. The van der Waals surface area contributed by atoms with Gasteiger partial charge < -0.3 is 14.5 Å². The van der Waals surface area contributed by atoms with Gasteiger partial charge in [-0.3, -0.25) is 0 Å². The van der Waals surface area contributed by atoms with Crippen molar-refractivity contribution in [2.75, 3.05) is 14.2 Å². The van der Waals surface area contributed by atoms with E-state index < -0.39 is 0 Å². The Hall–Kier alpha value is -2.97. The first-order valence-electron chi connectivity index (χ1n) is 7.04. The number of fused-ring (bicyclic) bond motifs is 1. The third kappa shape index (κ3) is 3.34. The summed E-state index contributed by atoms with van der Waals surface area (Å²) in [5.74, 6) is 1.80. The Kier molecular flexibility index (Phi) is 5.46. The Bertz CT molecular complexity index is 892. The van der Waals surface area contributed by atoms with E-state index in [0.717, 1.165) is 16.6 Å². The van der Waals surface area contributed by atoms with E-state index in [1.165, 1.54) is 0 Å². The fourth-order valence-corrected chi connectivity index (χ4v) is 2.34. The SMILES string of the molecule is COc1ccc(/C=C(\C#N)c2nc3ccccc3[nH]2)cc1OC.Cl. The number of hydrogen-bond acceptors (Lipinski definition) is 4. The second-order valence-electron chi connectivity index (χ2n) is 4.89. The number of aromatic amines is 1. The van der Waals surface area contributed by atoms with E-state index in [1.807, 2.05) is 36.4 Å². The van der Waals surface area contributed by atoms with Gasteiger partial charge in [0, 0.05) is 0 Å². The zero-order chi connectivity index (χ0) is 16.2. The van der Waals surface area contributed by atoms with Crippen LogP contribution in [0.2, 0.25) is 0 Å². The minimum atomic E-state index is 0. The summed E-state index contributed by atoms with van der Waals surface area (Å²) < 4.78 is 10.5. The van der Waals surface area contributed by atoms with Gasteiger partial charge in [0.1, 0.15) is 11.9 Å². The monoisotopic (exact) mass is 341 g/mol. The lowest BCUT2D eigenvalue weighted by Crippen LogP contribution is -1.91. The maximum Gasteiger partial charge on any atom is 0.161 e. The average molecular weight is 342 g/mol. The number of nitrogens with one attached hydrogen (secondary N) is 1. The van der Waals surface area contributed by atoms with Crippen molar-refractivity contribution < 1.29 is 9.47 Å². The molecule has 1 aromatic heterocycles. The summed E-state index contributed by atoms with van der Waals surface area (Å²) in [5, 5.41) is 9.46. The molecule has 0 aliphatic carbocycles. The molecule has 0 radical (unpaired) electrons. The molecule has 3 aromatic rings. The molecule has 0 saturated heterocycles. The molecule has 3 rings (SSSR count). The smallest absolute Gasteiger partial charge is 0.161 e. The van der Waals surface area contributed by atoms with Crippen LogP contribution in [0.1, 0.15) is 11.4 Å². The highest BCUT2D eigenvalue weighted by Gasteiger charge is 2.09. The van der Waals surface area contributed by atoms with E-state index in [-0.39, 0.29) is 12.4 Å². The first-order valence-corrected chi connectivity index (χ1v) is 7.04. The van der Waals surface area contributed by atoms with Crippen LogP contribution >= 0.6 is 12.4 Å². The van der Waals surface area contributed by atoms with Gasteiger partial charge in [-0.25, -0.2) is 4.98 Å². The van der Waals surface area contributed by atoms with Crippen LogP contribution < -0.4 is 9.47 Å². The molecule has 0 amide bonds. The minimum Gasteiger partial charge on any atom is -0.493 e. The summed E-state index contributed by atoms with van der Waals surface area (Å²) in [6, 6.07) is 15.3. The van der Waals surface area contributed by atoms with Crippen LogP contribution in [0.4, 0.5) is 0 Å². The van der Waals surface area contributed by atoms with Crippen molar-refractivity contribution in [2.45, 2.75) is 0 Å². The van der Waals surface area contributed by atoms with Crippen molar-refractivity contribution >= 4 is 35.1 Å². The second kappa shape index (κ2) is 7.53. The molecule has 0 saturated carbocycles. The molecular weight excluding hydrogens is 326 g/mol. The minimum absolute atomic E-state index is 0. The van der Waals surface area contributed by atoms with Crippen LogP contribution in [-0.2, 0) is 0 Å². The lowest BCUT2D eigenvalue weighted by molar-refractivity contribution is 0.355. The molecule has 0 bridgehead atoms. The standard InChI is InChI=1S/C18H15N3O2.ClH/c1-22-16-8-7-12(10-17(16)23-2)9-13(11-19)18-20-14-5-3-4-6-15(14)21-18;/h3-10H,1-2H3,(H,20,21);1H/b13-9+;. The van der Waals surface area contributed by atoms with E-state index in [0.29, 0.717) is 22.9 Å². The molecule has 0 aliphatic rings. The number of hydrogen-bond donors (Lipinski definition) is 1. The number of methoxy groups -OCH3 is 2. The Morgan fingerprint density at radius 1 is 1.12 bits per heavy atom. The number of H-pyrrole nitrogens is 1. The number of nitriles is 1. The lowest BCUT2D eigenvalue weighted by atomic mass is 10.1. The summed E-state index contributed by atoms with van der Waals surface area (Å²) in [6.45, 7) is 0. The van der Waals surface area contributed by atoms with Gasteiger partial charge in [-0.2, -0.15) is 5.26 Å². The number of para-hydroxylation sites is 2. The van der Waals surface area contributed by atoms with Gasteiger partial charge in [-0.05, 0) is 35.9 Å².